The lowest BCUT2D eigenvalue weighted by molar-refractivity contribution is 0.201. The van der Waals surface area contributed by atoms with Crippen LogP contribution in [0.1, 0.15) is 43.2 Å². The molecule has 38 heavy (non-hydrogen) atoms. The molecule has 5 rings (SSSR count). The van der Waals surface area contributed by atoms with E-state index in [0.29, 0.717) is 17.6 Å². The Morgan fingerprint density at radius 1 is 1.05 bits per heavy atom. The van der Waals surface area contributed by atoms with Crippen molar-refractivity contribution in [2.24, 2.45) is 0 Å². The monoisotopic (exact) mass is 510 g/mol. The number of anilines is 3. The number of hydrogen-bond donors (Lipinski definition) is 2. The minimum atomic E-state index is -0.315. The molecule has 1 saturated carbocycles. The average Bonchev–Trinajstić information content (AvgIpc) is 3.63. The summed E-state index contributed by atoms with van der Waals surface area (Å²) in [6.45, 7) is 2.65. The Morgan fingerprint density at radius 3 is 2.53 bits per heavy atom. The highest BCUT2D eigenvalue weighted by molar-refractivity contribution is 5.99. The van der Waals surface area contributed by atoms with Gasteiger partial charge in [-0.1, -0.05) is 18.2 Å². The van der Waals surface area contributed by atoms with Crippen molar-refractivity contribution in [2.45, 2.75) is 50.8 Å². The Balaban J connectivity index is 1.09. The molecule has 1 aromatic heterocycles. The molecule has 3 aromatic rings. The van der Waals surface area contributed by atoms with Crippen LogP contribution in [0.4, 0.5) is 21.9 Å². The molecule has 2 aliphatic rings. The van der Waals surface area contributed by atoms with Gasteiger partial charge in [0.2, 0.25) is 5.88 Å². The predicted octanol–water partition coefficient (Wildman–Crippen LogP) is 5.63. The van der Waals surface area contributed by atoms with E-state index >= 15 is 0 Å². The Hall–Kier alpha value is -4.09. The van der Waals surface area contributed by atoms with Gasteiger partial charge in [-0.25, -0.2) is 9.78 Å². The van der Waals surface area contributed by atoms with Crippen LogP contribution < -0.4 is 20.3 Å². The van der Waals surface area contributed by atoms with Gasteiger partial charge in [-0.3, -0.25) is 4.90 Å². The number of likely N-dealkylation sites (N-methyl/N-ethyl adjacent to an activating group) is 1. The number of benzene rings is 2. The van der Waals surface area contributed by atoms with Gasteiger partial charge in [0.05, 0.1) is 23.5 Å². The smallest absolute Gasteiger partial charge is 0.323 e. The molecule has 1 aliphatic carbocycles. The van der Waals surface area contributed by atoms with E-state index in [1.54, 1.807) is 18.3 Å². The Kier molecular flexibility index (Phi) is 8.05. The minimum absolute atomic E-state index is 0.256. The molecule has 2 heterocycles. The van der Waals surface area contributed by atoms with Gasteiger partial charge in [0, 0.05) is 43.1 Å². The van der Waals surface area contributed by atoms with Gasteiger partial charge >= 0.3 is 6.03 Å². The maximum atomic E-state index is 12.5. The summed E-state index contributed by atoms with van der Waals surface area (Å²) in [6.07, 6.45) is 7.51. The number of carbonyl (C=O) groups is 1. The van der Waals surface area contributed by atoms with Crippen LogP contribution >= 0.6 is 0 Å². The number of ether oxygens (including phenoxy) is 1. The summed E-state index contributed by atoms with van der Waals surface area (Å²) in [7, 11) is 2.12. The molecule has 0 radical (unpaired) electrons. The number of pyridine rings is 1. The topological polar surface area (TPSA) is 93.5 Å². The third kappa shape index (κ3) is 6.42. The third-order valence-corrected chi connectivity index (χ3v) is 7.42. The normalized spacial score (nSPS) is 17.4. The minimum Gasteiger partial charge on any atom is -0.474 e. The lowest BCUT2D eigenvalue weighted by Crippen LogP contribution is -2.34. The fourth-order valence-electron chi connectivity index (χ4n) is 5.25. The second kappa shape index (κ2) is 12.0. The van der Waals surface area contributed by atoms with Gasteiger partial charge < -0.3 is 20.3 Å². The summed E-state index contributed by atoms with van der Waals surface area (Å²) in [5.74, 6) is 0.598. The molecular formula is C30H34N6O2. The summed E-state index contributed by atoms with van der Waals surface area (Å²) in [5, 5.41) is 15.1. The number of urea groups is 1. The van der Waals surface area contributed by atoms with Crippen LogP contribution in [-0.4, -0.2) is 48.2 Å². The van der Waals surface area contributed by atoms with Crippen molar-refractivity contribution in [1.82, 2.24) is 9.88 Å². The van der Waals surface area contributed by atoms with Crippen molar-refractivity contribution in [3.8, 4) is 11.9 Å². The highest BCUT2D eigenvalue weighted by atomic mass is 16.5. The van der Waals surface area contributed by atoms with E-state index in [2.05, 4.69) is 38.5 Å². The van der Waals surface area contributed by atoms with Crippen LogP contribution in [0.15, 0.2) is 66.9 Å². The molecule has 2 aromatic carbocycles. The molecule has 2 N–H and O–H groups in total. The van der Waals surface area contributed by atoms with Crippen molar-refractivity contribution < 1.29 is 9.53 Å². The van der Waals surface area contributed by atoms with Crippen LogP contribution in [0, 0.1) is 11.3 Å². The zero-order chi connectivity index (χ0) is 26.3. The van der Waals surface area contributed by atoms with E-state index in [4.69, 9.17) is 4.74 Å². The van der Waals surface area contributed by atoms with Gasteiger partial charge in [0.1, 0.15) is 6.10 Å². The van der Waals surface area contributed by atoms with E-state index in [0.717, 1.165) is 61.4 Å². The molecule has 8 heteroatoms. The predicted molar refractivity (Wildman–Crippen MR) is 149 cm³/mol. The second-order valence-corrected chi connectivity index (χ2v) is 10.1. The van der Waals surface area contributed by atoms with E-state index in [1.165, 1.54) is 12.8 Å². The zero-order valence-electron chi connectivity index (χ0n) is 21.8. The molecule has 2 amide bonds. The SMILES string of the molecule is CN(Cc1ccccc1C#N)C1CCN(c2ccc(NC(=O)Nc3ccc(OC4CCCC4)nc3)cc2)C1. The van der Waals surface area contributed by atoms with Gasteiger partial charge in [0.25, 0.3) is 0 Å². The fraction of sp³-hybridized carbons (Fsp3) is 0.367. The molecule has 196 valence electrons. The van der Waals surface area contributed by atoms with Crippen molar-refractivity contribution >= 4 is 23.1 Å². The van der Waals surface area contributed by atoms with E-state index < -0.39 is 0 Å². The standard InChI is InChI=1S/C30H34N6O2/c1-35(20-23-7-3-2-6-22(23)18-31)27-16-17-36(21-27)26-13-10-24(11-14-26)33-30(37)34-25-12-15-29(32-19-25)38-28-8-4-5-9-28/h2-3,6-7,10-15,19,27-28H,4-5,8-9,16-17,20-21H2,1H3,(H2,33,34,37). The van der Waals surface area contributed by atoms with Gasteiger partial charge in [-0.2, -0.15) is 5.26 Å². The summed E-state index contributed by atoms with van der Waals surface area (Å²) in [6, 6.07) is 21.7. The zero-order valence-corrected chi connectivity index (χ0v) is 21.8. The summed E-state index contributed by atoms with van der Waals surface area (Å²) in [5.41, 5.74) is 4.27. The number of nitrogens with zero attached hydrogens (tertiary/aromatic N) is 4. The molecule has 1 saturated heterocycles. The third-order valence-electron chi connectivity index (χ3n) is 7.42. The van der Waals surface area contributed by atoms with Crippen LogP contribution in [0.2, 0.25) is 0 Å². The molecule has 1 unspecified atom stereocenters. The van der Waals surface area contributed by atoms with Gasteiger partial charge in [-0.15, -0.1) is 0 Å². The Bertz CT molecular complexity index is 1270. The number of hydrogen-bond acceptors (Lipinski definition) is 6. The summed E-state index contributed by atoms with van der Waals surface area (Å²) >= 11 is 0. The molecule has 0 spiro atoms. The number of aromatic nitrogens is 1. The van der Waals surface area contributed by atoms with Crippen LogP contribution in [0.3, 0.4) is 0 Å². The van der Waals surface area contributed by atoms with E-state index in [-0.39, 0.29) is 12.1 Å². The first kappa shape index (κ1) is 25.6. The number of nitriles is 1. The van der Waals surface area contributed by atoms with E-state index in [1.807, 2.05) is 48.5 Å². The van der Waals surface area contributed by atoms with Gasteiger partial charge in [0.15, 0.2) is 0 Å². The highest BCUT2D eigenvalue weighted by Crippen LogP contribution is 2.26. The molecular weight excluding hydrogens is 476 g/mol. The molecule has 1 aliphatic heterocycles. The number of carbonyl (C=O) groups excluding carboxylic acids is 1. The largest absolute Gasteiger partial charge is 0.474 e. The number of nitrogens with one attached hydrogen (secondary N) is 2. The lowest BCUT2D eigenvalue weighted by atomic mass is 10.1. The van der Waals surface area contributed by atoms with Crippen molar-refractivity contribution in [1.29, 1.82) is 5.26 Å². The van der Waals surface area contributed by atoms with Crippen molar-refractivity contribution in [3.05, 3.63) is 78.0 Å². The second-order valence-electron chi connectivity index (χ2n) is 10.1. The van der Waals surface area contributed by atoms with Crippen molar-refractivity contribution in [3.63, 3.8) is 0 Å². The summed E-state index contributed by atoms with van der Waals surface area (Å²) in [4.78, 5) is 21.5. The molecule has 0 bridgehead atoms. The van der Waals surface area contributed by atoms with Crippen molar-refractivity contribution in [2.75, 3.05) is 35.7 Å². The van der Waals surface area contributed by atoms with Crippen LogP contribution in [0.25, 0.3) is 0 Å². The number of amides is 2. The molecule has 2 fully saturated rings. The lowest BCUT2D eigenvalue weighted by Gasteiger charge is -2.26. The Morgan fingerprint density at radius 2 is 1.79 bits per heavy atom. The first-order chi connectivity index (χ1) is 18.6. The quantitative estimate of drug-likeness (QED) is 0.408. The average molecular weight is 511 g/mol. The number of rotatable bonds is 8. The maximum Gasteiger partial charge on any atom is 0.323 e. The molecule has 8 nitrogen and oxygen atoms in total. The van der Waals surface area contributed by atoms with Crippen LogP contribution in [0.5, 0.6) is 5.88 Å². The molecule has 1 atom stereocenters. The first-order valence-electron chi connectivity index (χ1n) is 13.3. The Labute approximate surface area is 224 Å². The fourth-order valence-corrected chi connectivity index (χ4v) is 5.25. The van der Waals surface area contributed by atoms with Crippen LogP contribution in [-0.2, 0) is 6.54 Å². The highest BCUT2D eigenvalue weighted by Gasteiger charge is 2.26. The summed E-state index contributed by atoms with van der Waals surface area (Å²) < 4.78 is 5.88. The first-order valence-corrected chi connectivity index (χ1v) is 13.3. The maximum absolute atomic E-state index is 12.5. The van der Waals surface area contributed by atoms with E-state index in [9.17, 15) is 10.1 Å². The van der Waals surface area contributed by atoms with Gasteiger partial charge in [-0.05, 0) is 81.1 Å².